The van der Waals surface area contributed by atoms with E-state index in [0.717, 1.165) is 6.42 Å². The van der Waals surface area contributed by atoms with E-state index in [1.165, 1.54) is 0 Å². The van der Waals surface area contributed by atoms with Crippen molar-refractivity contribution in [3.8, 4) is 0 Å². The molecule has 0 saturated carbocycles. The number of imide groups is 1. The fraction of sp³-hybridized carbons (Fsp3) is 0.769. The first-order valence-electron chi connectivity index (χ1n) is 7.28. The minimum atomic E-state index is -0.732. The van der Waals surface area contributed by atoms with Crippen molar-refractivity contribution in [1.82, 2.24) is 15.1 Å². The molecule has 2 fully saturated rings. The average molecular weight is 299 g/mol. The highest BCUT2D eigenvalue weighted by Gasteiger charge is 2.32. The van der Waals surface area contributed by atoms with Gasteiger partial charge >= 0.3 is 18.2 Å². The molecule has 8 nitrogen and oxygen atoms in total. The largest absolute Gasteiger partial charge is 0.450 e. The highest BCUT2D eigenvalue weighted by molar-refractivity contribution is 5.90. The number of urea groups is 1. The van der Waals surface area contributed by atoms with Gasteiger partial charge in [0.15, 0.2) is 0 Å². The van der Waals surface area contributed by atoms with Crippen molar-refractivity contribution in [2.45, 2.75) is 32.2 Å². The minimum Gasteiger partial charge on any atom is -0.450 e. The first kappa shape index (κ1) is 15.4. The Labute approximate surface area is 123 Å². The Balaban J connectivity index is 1.78. The fourth-order valence-corrected chi connectivity index (χ4v) is 2.61. The summed E-state index contributed by atoms with van der Waals surface area (Å²) in [6, 6.07) is -0.349. The van der Waals surface area contributed by atoms with Crippen molar-refractivity contribution in [3.05, 3.63) is 0 Å². The van der Waals surface area contributed by atoms with Crippen LogP contribution in [0.2, 0.25) is 0 Å². The number of amides is 4. The van der Waals surface area contributed by atoms with Gasteiger partial charge in [-0.05, 0) is 26.2 Å². The van der Waals surface area contributed by atoms with Gasteiger partial charge in [-0.1, -0.05) is 0 Å². The number of piperidine rings is 1. The summed E-state index contributed by atoms with van der Waals surface area (Å²) < 4.78 is 9.70. The van der Waals surface area contributed by atoms with E-state index in [1.54, 1.807) is 16.7 Å². The van der Waals surface area contributed by atoms with Gasteiger partial charge in [-0.25, -0.2) is 19.7 Å². The lowest BCUT2D eigenvalue weighted by Gasteiger charge is -2.39. The highest BCUT2D eigenvalue weighted by Crippen LogP contribution is 2.20. The summed E-state index contributed by atoms with van der Waals surface area (Å²) in [6.07, 6.45) is 1.21. The van der Waals surface area contributed by atoms with E-state index in [1.807, 2.05) is 0 Å². The first-order valence-corrected chi connectivity index (χ1v) is 7.28. The van der Waals surface area contributed by atoms with Gasteiger partial charge in [-0.15, -0.1) is 0 Å². The third-order valence-corrected chi connectivity index (χ3v) is 3.68. The molecule has 118 valence electrons. The van der Waals surface area contributed by atoms with Crippen LogP contribution in [-0.2, 0) is 9.47 Å². The van der Waals surface area contributed by atoms with E-state index in [4.69, 9.17) is 4.74 Å². The lowest BCUT2D eigenvalue weighted by atomic mass is 10.0. The normalized spacial score (nSPS) is 20.0. The molecule has 2 aliphatic rings. The molecule has 2 rings (SSSR count). The number of rotatable bonds is 2. The molecule has 0 bridgehead atoms. The quantitative estimate of drug-likeness (QED) is 0.826. The second kappa shape index (κ2) is 7.14. The molecule has 2 saturated heterocycles. The Hall–Kier alpha value is -1.99. The molecule has 1 N–H and O–H groups in total. The summed E-state index contributed by atoms with van der Waals surface area (Å²) in [7, 11) is 0. The molecule has 0 aromatic carbocycles. The lowest BCUT2D eigenvalue weighted by molar-refractivity contribution is 0.0413. The molecule has 2 aliphatic heterocycles. The van der Waals surface area contributed by atoms with Gasteiger partial charge < -0.3 is 19.3 Å². The number of carbonyl (C=O) groups is 3. The maximum Gasteiger partial charge on any atom is 0.415 e. The smallest absolute Gasteiger partial charge is 0.415 e. The number of nitrogens with zero attached hydrogens (tertiary/aromatic N) is 2. The third-order valence-electron chi connectivity index (χ3n) is 3.68. The van der Waals surface area contributed by atoms with Crippen LogP contribution in [0, 0.1) is 0 Å². The summed E-state index contributed by atoms with van der Waals surface area (Å²) in [4.78, 5) is 38.0. The molecule has 0 radical (unpaired) electrons. The van der Waals surface area contributed by atoms with Gasteiger partial charge in [0.25, 0.3) is 0 Å². The third kappa shape index (κ3) is 3.99. The summed E-state index contributed by atoms with van der Waals surface area (Å²) in [5.74, 6) is 0. The van der Waals surface area contributed by atoms with E-state index in [9.17, 15) is 14.4 Å². The molecular formula is C13H21N3O5. The van der Waals surface area contributed by atoms with Crippen LogP contribution in [0.15, 0.2) is 0 Å². The molecule has 0 unspecified atom stereocenters. The van der Waals surface area contributed by atoms with Gasteiger partial charge in [-0.3, -0.25) is 0 Å². The van der Waals surface area contributed by atoms with Crippen molar-refractivity contribution in [3.63, 3.8) is 0 Å². The zero-order chi connectivity index (χ0) is 15.2. The van der Waals surface area contributed by atoms with Crippen LogP contribution in [0.25, 0.3) is 0 Å². The van der Waals surface area contributed by atoms with Crippen molar-refractivity contribution >= 4 is 18.2 Å². The Morgan fingerprint density at radius 2 is 2.05 bits per heavy atom. The molecule has 0 aromatic rings. The Morgan fingerprint density at radius 3 is 2.67 bits per heavy atom. The maximum atomic E-state index is 11.8. The number of hydrogen-bond acceptors (Lipinski definition) is 5. The Morgan fingerprint density at radius 1 is 1.33 bits per heavy atom. The van der Waals surface area contributed by atoms with Crippen molar-refractivity contribution in [2.75, 3.05) is 32.8 Å². The second-order valence-corrected chi connectivity index (χ2v) is 5.03. The van der Waals surface area contributed by atoms with E-state index >= 15 is 0 Å². The minimum absolute atomic E-state index is 0.101. The highest BCUT2D eigenvalue weighted by atomic mass is 16.6. The Bertz CT molecular complexity index is 407. The topological polar surface area (TPSA) is 88.2 Å². The van der Waals surface area contributed by atoms with Gasteiger partial charge in [0.2, 0.25) is 0 Å². The maximum absolute atomic E-state index is 11.8. The molecule has 0 atom stereocenters. The summed E-state index contributed by atoms with van der Waals surface area (Å²) >= 11 is 0. The fourth-order valence-electron chi connectivity index (χ4n) is 2.61. The van der Waals surface area contributed by atoms with E-state index in [-0.39, 0.29) is 18.7 Å². The van der Waals surface area contributed by atoms with Crippen LogP contribution in [-0.4, -0.2) is 66.9 Å². The SMILES string of the molecule is CCOC(=O)NC(=O)N1CCC(N2CCCOC2=O)CC1. The number of alkyl carbamates (subject to hydrolysis) is 1. The average Bonchev–Trinajstić information content (AvgIpc) is 2.48. The number of carbonyl (C=O) groups excluding carboxylic acids is 3. The second-order valence-electron chi connectivity index (χ2n) is 5.03. The summed E-state index contributed by atoms with van der Waals surface area (Å²) in [5.41, 5.74) is 0. The molecule has 8 heteroatoms. The number of ether oxygens (including phenoxy) is 2. The van der Waals surface area contributed by atoms with E-state index in [2.05, 4.69) is 10.1 Å². The standard InChI is InChI=1S/C13H21N3O5/c1-2-20-12(18)14-11(17)15-7-4-10(5-8-15)16-6-3-9-21-13(16)19/h10H,2-9H2,1H3,(H,14,17,18). The number of likely N-dealkylation sites (tertiary alicyclic amines) is 1. The van der Waals surface area contributed by atoms with Crippen LogP contribution in [0.3, 0.4) is 0 Å². The van der Waals surface area contributed by atoms with Gasteiger partial charge in [0.05, 0.1) is 13.2 Å². The van der Waals surface area contributed by atoms with Crippen LogP contribution in [0.4, 0.5) is 14.4 Å². The van der Waals surface area contributed by atoms with Crippen LogP contribution < -0.4 is 5.32 Å². The number of nitrogens with one attached hydrogen (secondary N) is 1. The predicted molar refractivity (Wildman–Crippen MR) is 72.8 cm³/mol. The molecule has 21 heavy (non-hydrogen) atoms. The van der Waals surface area contributed by atoms with E-state index in [0.29, 0.717) is 39.1 Å². The molecule has 2 heterocycles. The molecule has 4 amide bonds. The van der Waals surface area contributed by atoms with E-state index < -0.39 is 12.1 Å². The summed E-state index contributed by atoms with van der Waals surface area (Å²) in [5, 5.41) is 2.17. The van der Waals surface area contributed by atoms with Gasteiger partial charge in [0, 0.05) is 25.7 Å². The monoisotopic (exact) mass is 299 g/mol. The molecular weight excluding hydrogens is 278 g/mol. The zero-order valence-corrected chi connectivity index (χ0v) is 12.2. The number of hydrogen-bond donors (Lipinski definition) is 1. The van der Waals surface area contributed by atoms with Gasteiger partial charge in [-0.2, -0.15) is 0 Å². The molecule has 0 aromatic heterocycles. The van der Waals surface area contributed by atoms with Crippen molar-refractivity contribution in [2.24, 2.45) is 0 Å². The van der Waals surface area contributed by atoms with Gasteiger partial charge in [0.1, 0.15) is 0 Å². The Kier molecular flexibility index (Phi) is 5.24. The first-order chi connectivity index (χ1) is 10.1. The molecule has 0 spiro atoms. The van der Waals surface area contributed by atoms with Crippen LogP contribution >= 0.6 is 0 Å². The van der Waals surface area contributed by atoms with Crippen LogP contribution in [0.5, 0.6) is 0 Å². The number of cyclic esters (lactones) is 1. The zero-order valence-electron chi connectivity index (χ0n) is 12.2. The van der Waals surface area contributed by atoms with Crippen molar-refractivity contribution in [1.29, 1.82) is 0 Å². The van der Waals surface area contributed by atoms with Crippen molar-refractivity contribution < 1.29 is 23.9 Å². The summed E-state index contributed by atoms with van der Waals surface area (Å²) in [6.45, 7) is 4.08. The predicted octanol–water partition coefficient (Wildman–Crippen LogP) is 1.16. The molecule has 0 aliphatic carbocycles. The lowest BCUT2D eigenvalue weighted by Crippen LogP contribution is -2.53. The van der Waals surface area contributed by atoms with Crippen LogP contribution in [0.1, 0.15) is 26.2 Å².